The molecule has 5 rings (SSSR count). The van der Waals surface area contributed by atoms with Crippen LogP contribution in [0.1, 0.15) is 29.5 Å². The Balaban J connectivity index is 1.70. The van der Waals surface area contributed by atoms with Crippen molar-refractivity contribution in [3.05, 3.63) is 51.6 Å². The molecule has 11 heteroatoms. The fourth-order valence-corrected chi connectivity index (χ4v) is 5.29. The molecule has 4 heterocycles. The van der Waals surface area contributed by atoms with Crippen LogP contribution in [0, 0.1) is 0 Å². The third-order valence-corrected chi connectivity index (χ3v) is 7.16. The summed E-state index contributed by atoms with van der Waals surface area (Å²) in [7, 11) is 5.06. The molecule has 0 unspecified atom stereocenters. The molecular formula is C26H31F2N7O2. The minimum Gasteiger partial charge on any atom is -0.404 e. The van der Waals surface area contributed by atoms with Gasteiger partial charge in [0.15, 0.2) is 5.82 Å². The van der Waals surface area contributed by atoms with E-state index in [1.165, 1.54) is 12.4 Å². The van der Waals surface area contributed by atoms with Crippen molar-refractivity contribution >= 4 is 40.1 Å². The second kappa shape index (κ2) is 9.97. The Morgan fingerprint density at radius 1 is 1.16 bits per heavy atom. The topological polar surface area (TPSA) is 93.9 Å². The number of hydrogen-bond donors (Lipinski definition) is 1. The van der Waals surface area contributed by atoms with E-state index < -0.39 is 6.43 Å². The zero-order valence-electron chi connectivity index (χ0n) is 21.2. The monoisotopic (exact) mass is 511 g/mol. The SMILES string of the molecule is CN=C/C(=C\N)c1cc2c(cc1C(F)F)N(c1cc3c(c(N4CCOCC4)n1)n(C)c(=O)n3C)CCC2. The zero-order valence-corrected chi connectivity index (χ0v) is 21.2. The standard InChI is InChI=1S/C26H31F2N7O2/c1-30-15-17(14-29)18-11-16-5-4-6-35(20(16)12-19(18)24(27)28)22-13-21-23(33(3)26(36)32(21)2)25(31-22)34-7-9-37-10-8-34/h11-15,24H,4-10,29H2,1-3H3/b17-14+,30-15?. The molecule has 0 atom stereocenters. The highest BCUT2D eigenvalue weighted by Gasteiger charge is 2.28. The minimum absolute atomic E-state index is 0.108. The Bertz CT molecular complexity index is 1450. The molecule has 196 valence electrons. The first-order chi connectivity index (χ1) is 17.8. The molecule has 0 spiro atoms. The van der Waals surface area contributed by atoms with Gasteiger partial charge in [0.2, 0.25) is 0 Å². The fourth-order valence-electron chi connectivity index (χ4n) is 5.29. The first kappa shape index (κ1) is 24.9. The van der Waals surface area contributed by atoms with Crippen molar-refractivity contribution in [2.75, 3.05) is 49.7 Å². The normalized spacial score (nSPS) is 16.9. The van der Waals surface area contributed by atoms with E-state index in [2.05, 4.69) is 9.89 Å². The number of aryl methyl sites for hydroxylation is 3. The number of morpholine rings is 1. The molecule has 0 amide bonds. The first-order valence-electron chi connectivity index (χ1n) is 12.3. The molecule has 1 saturated heterocycles. The number of benzene rings is 1. The van der Waals surface area contributed by atoms with Gasteiger partial charge in [0.25, 0.3) is 6.43 Å². The molecule has 1 fully saturated rings. The lowest BCUT2D eigenvalue weighted by Gasteiger charge is -2.34. The Hall–Kier alpha value is -3.73. The molecule has 2 aromatic heterocycles. The average Bonchev–Trinajstić information content (AvgIpc) is 3.14. The molecular weight excluding hydrogens is 480 g/mol. The van der Waals surface area contributed by atoms with Gasteiger partial charge in [0.05, 0.1) is 18.7 Å². The molecule has 0 bridgehead atoms. The molecule has 9 nitrogen and oxygen atoms in total. The van der Waals surface area contributed by atoms with Crippen LogP contribution in [0.2, 0.25) is 0 Å². The van der Waals surface area contributed by atoms with Gasteiger partial charge in [-0.3, -0.25) is 14.1 Å². The summed E-state index contributed by atoms with van der Waals surface area (Å²) >= 11 is 0. The summed E-state index contributed by atoms with van der Waals surface area (Å²) in [5.41, 5.74) is 9.45. The van der Waals surface area contributed by atoms with Crippen molar-refractivity contribution in [2.45, 2.75) is 19.3 Å². The molecule has 2 N–H and O–H groups in total. The van der Waals surface area contributed by atoms with Crippen LogP contribution in [0.25, 0.3) is 16.6 Å². The van der Waals surface area contributed by atoms with E-state index in [1.54, 1.807) is 42.4 Å². The highest BCUT2D eigenvalue weighted by Crippen LogP contribution is 2.40. The maximum atomic E-state index is 14.3. The van der Waals surface area contributed by atoms with Crippen LogP contribution in [0.4, 0.5) is 26.1 Å². The highest BCUT2D eigenvalue weighted by atomic mass is 19.3. The van der Waals surface area contributed by atoms with Crippen molar-refractivity contribution in [3.8, 4) is 0 Å². The zero-order chi connectivity index (χ0) is 26.3. The van der Waals surface area contributed by atoms with Crippen LogP contribution in [0.5, 0.6) is 0 Å². The molecule has 1 aromatic carbocycles. The van der Waals surface area contributed by atoms with Crippen LogP contribution >= 0.6 is 0 Å². The second-order valence-electron chi connectivity index (χ2n) is 9.31. The molecule has 2 aliphatic rings. The van der Waals surface area contributed by atoms with Gasteiger partial charge < -0.3 is 20.3 Å². The van der Waals surface area contributed by atoms with E-state index in [-0.39, 0.29) is 11.3 Å². The Labute approximate surface area is 213 Å². The molecule has 3 aromatic rings. The number of aromatic nitrogens is 3. The van der Waals surface area contributed by atoms with E-state index in [9.17, 15) is 13.6 Å². The number of ether oxygens (including phenoxy) is 1. The van der Waals surface area contributed by atoms with Crippen molar-refractivity contribution in [2.24, 2.45) is 24.8 Å². The number of fused-ring (bicyclic) bond motifs is 2. The van der Waals surface area contributed by atoms with Gasteiger partial charge in [-0.2, -0.15) is 0 Å². The van der Waals surface area contributed by atoms with Gasteiger partial charge in [-0.15, -0.1) is 0 Å². The summed E-state index contributed by atoms with van der Waals surface area (Å²) in [6.07, 6.45) is 1.67. The van der Waals surface area contributed by atoms with Crippen LogP contribution in [0.15, 0.2) is 34.2 Å². The molecule has 2 aliphatic heterocycles. The predicted molar refractivity (Wildman–Crippen MR) is 142 cm³/mol. The minimum atomic E-state index is -2.70. The third-order valence-electron chi connectivity index (χ3n) is 7.16. The number of hydrogen-bond acceptors (Lipinski definition) is 7. The number of nitrogens with zero attached hydrogens (tertiary/aromatic N) is 6. The van der Waals surface area contributed by atoms with Gasteiger partial charge in [0.1, 0.15) is 11.3 Å². The van der Waals surface area contributed by atoms with E-state index in [0.717, 1.165) is 29.4 Å². The predicted octanol–water partition coefficient (Wildman–Crippen LogP) is 3.13. The summed E-state index contributed by atoms with van der Waals surface area (Å²) in [6, 6.07) is 5.22. The van der Waals surface area contributed by atoms with Gasteiger partial charge in [-0.1, -0.05) is 0 Å². The van der Waals surface area contributed by atoms with Gasteiger partial charge >= 0.3 is 5.69 Å². The number of aliphatic imine (C=N–C) groups is 1. The summed E-state index contributed by atoms with van der Waals surface area (Å²) in [6.45, 7) is 3.06. The molecule has 0 saturated carbocycles. The largest absolute Gasteiger partial charge is 0.404 e. The van der Waals surface area contributed by atoms with E-state index in [4.69, 9.17) is 15.5 Å². The molecule has 0 radical (unpaired) electrons. The van der Waals surface area contributed by atoms with Crippen LogP contribution in [-0.2, 0) is 25.3 Å². The number of rotatable bonds is 5. The highest BCUT2D eigenvalue weighted by molar-refractivity contribution is 6.10. The maximum absolute atomic E-state index is 14.3. The van der Waals surface area contributed by atoms with Crippen molar-refractivity contribution in [3.63, 3.8) is 0 Å². The lowest BCUT2D eigenvalue weighted by molar-refractivity contribution is 0.122. The number of anilines is 3. The van der Waals surface area contributed by atoms with Gasteiger partial charge in [0, 0.05) is 76.1 Å². The average molecular weight is 512 g/mol. The summed E-state index contributed by atoms with van der Waals surface area (Å²) < 4.78 is 37.3. The first-order valence-corrected chi connectivity index (χ1v) is 12.3. The number of alkyl halides is 2. The van der Waals surface area contributed by atoms with Gasteiger partial charge in [-0.25, -0.2) is 18.6 Å². The fraction of sp³-hybridized carbons (Fsp3) is 0.423. The lowest BCUT2D eigenvalue weighted by Crippen LogP contribution is -2.37. The summed E-state index contributed by atoms with van der Waals surface area (Å²) in [5.74, 6) is 1.31. The summed E-state index contributed by atoms with van der Waals surface area (Å²) in [5, 5.41) is 0. The van der Waals surface area contributed by atoms with Gasteiger partial charge in [-0.05, 0) is 36.1 Å². The number of nitrogens with two attached hydrogens (primary N) is 1. The third kappa shape index (κ3) is 4.26. The van der Waals surface area contributed by atoms with Crippen LogP contribution in [0.3, 0.4) is 0 Å². The quantitative estimate of drug-likeness (QED) is 0.529. The Kier molecular flexibility index (Phi) is 6.72. The van der Waals surface area contributed by atoms with Crippen molar-refractivity contribution in [1.82, 2.24) is 14.1 Å². The Morgan fingerprint density at radius 3 is 2.59 bits per heavy atom. The lowest BCUT2D eigenvalue weighted by atomic mass is 9.92. The molecule has 0 aliphatic carbocycles. The number of imidazole rings is 1. The van der Waals surface area contributed by atoms with E-state index in [0.29, 0.717) is 61.3 Å². The second-order valence-corrected chi connectivity index (χ2v) is 9.31. The van der Waals surface area contributed by atoms with E-state index >= 15 is 0 Å². The van der Waals surface area contributed by atoms with Crippen molar-refractivity contribution < 1.29 is 13.5 Å². The number of allylic oxidation sites excluding steroid dienone is 1. The number of pyridine rings is 1. The van der Waals surface area contributed by atoms with E-state index in [1.807, 2.05) is 11.0 Å². The van der Waals surface area contributed by atoms with Crippen molar-refractivity contribution in [1.29, 1.82) is 0 Å². The maximum Gasteiger partial charge on any atom is 0.328 e. The van der Waals surface area contributed by atoms with Crippen LogP contribution in [-0.4, -0.2) is 60.2 Å². The molecule has 37 heavy (non-hydrogen) atoms. The van der Waals surface area contributed by atoms with Crippen LogP contribution < -0.4 is 21.2 Å². The Morgan fingerprint density at radius 2 is 1.92 bits per heavy atom. The summed E-state index contributed by atoms with van der Waals surface area (Å²) in [4.78, 5) is 25.9. The number of halogens is 2. The smallest absolute Gasteiger partial charge is 0.328 e.